The topological polar surface area (TPSA) is 30.3 Å². The normalized spacial score (nSPS) is 20.9. The predicted octanol–water partition coefficient (Wildman–Crippen LogP) is 2.60. The minimum Gasteiger partial charge on any atom is -0.384 e. The van der Waals surface area contributed by atoms with E-state index < -0.39 is 0 Å². The minimum absolute atomic E-state index is 0.677. The van der Waals surface area contributed by atoms with Gasteiger partial charge in [-0.1, -0.05) is 6.92 Å². The van der Waals surface area contributed by atoms with E-state index in [0.717, 1.165) is 31.8 Å². The zero-order valence-corrected chi connectivity index (χ0v) is 13.7. The highest BCUT2D eigenvalue weighted by Gasteiger charge is 2.22. The molecule has 1 aliphatic rings. The molecule has 0 bridgehead atoms. The maximum Gasteiger partial charge on any atom is 0.0767 e. The monoisotopic (exact) mass is 329 g/mol. The Labute approximate surface area is 124 Å². The average Bonchev–Trinajstić information content (AvgIpc) is 2.67. The maximum atomic E-state index is 5.30. The van der Waals surface area contributed by atoms with Crippen molar-refractivity contribution in [2.75, 3.05) is 26.8 Å². The molecule has 0 aromatic carbocycles. The average molecular weight is 330 g/mol. The first-order valence-corrected chi connectivity index (χ1v) is 7.86. The molecule has 0 N–H and O–H groups in total. The molecular formula is C14H24BrN3O. The lowest BCUT2D eigenvalue weighted by Gasteiger charge is -2.32. The van der Waals surface area contributed by atoms with Crippen LogP contribution < -0.4 is 0 Å². The zero-order chi connectivity index (χ0) is 13.8. The summed E-state index contributed by atoms with van der Waals surface area (Å²) < 4.78 is 8.50. The van der Waals surface area contributed by atoms with Crippen molar-refractivity contribution in [1.82, 2.24) is 14.7 Å². The van der Waals surface area contributed by atoms with Gasteiger partial charge in [0.2, 0.25) is 0 Å². The number of piperidine rings is 1. The summed E-state index contributed by atoms with van der Waals surface area (Å²) in [7, 11) is 3.83. The molecule has 1 unspecified atom stereocenters. The second kappa shape index (κ2) is 6.86. The van der Waals surface area contributed by atoms with Crippen molar-refractivity contribution in [2.24, 2.45) is 13.0 Å². The number of methoxy groups -OCH3 is 1. The number of nitrogens with zero attached hydrogens (tertiary/aromatic N) is 3. The van der Waals surface area contributed by atoms with E-state index in [-0.39, 0.29) is 0 Å². The summed E-state index contributed by atoms with van der Waals surface area (Å²) in [5, 5.41) is 4.57. The van der Waals surface area contributed by atoms with E-state index in [4.69, 9.17) is 4.74 Å². The zero-order valence-electron chi connectivity index (χ0n) is 12.2. The summed E-state index contributed by atoms with van der Waals surface area (Å²) in [5.41, 5.74) is 2.44. The lowest BCUT2D eigenvalue weighted by molar-refractivity contribution is 0.0861. The molecule has 1 atom stereocenters. The van der Waals surface area contributed by atoms with E-state index in [9.17, 15) is 0 Å². The summed E-state index contributed by atoms with van der Waals surface area (Å²) >= 11 is 3.70. The number of aryl methyl sites for hydroxylation is 2. The Morgan fingerprint density at radius 1 is 1.47 bits per heavy atom. The van der Waals surface area contributed by atoms with Crippen LogP contribution in [-0.4, -0.2) is 41.5 Å². The van der Waals surface area contributed by atoms with Crippen molar-refractivity contribution in [3.05, 3.63) is 15.9 Å². The van der Waals surface area contributed by atoms with Gasteiger partial charge in [-0.05, 0) is 47.7 Å². The van der Waals surface area contributed by atoms with Crippen LogP contribution in [0.25, 0.3) is 0 Å². The quantitative estimate of drug-likeness (QED) is 0.831. The van der Waals surface area contributed by atoms with Gasteiger partial charge in [-0.25, -0.2) is 0 Å². The van der Waals surface area contributed by atoms with Gasteiger partial charge in [0.1, 0.15) is 0 Å². The molecule has 1 fully saturated rings. The summed E-state index contributed by atoms with van der Waals surface area (Å²) in [6, 6.07) is 0. The third-order valence-electron chi connectivity index (χ3n) is 3.88. The smallest absolute Gasteiger partial charge is 0.0767 e. The van der Waals surface area contributed by atoms with Gasteiger partial charge in [-0.2, -0.15) is 5.10 Å². The second-order valence-electron chi connectivity index (χ2n) is 5.38. The van der Waals surface area contributed by atoms with E-state index in [1.54, 1.807) is 7.11 Å². The van der Waals surface area contributed by atoms with Gasteiger partial charge in [0.25, 0.3) is 0 Å². The van der Waals surface area contributed by atoms with E-state index in [1.165, 1.54) is 29.6 Å². The highest BCUT2D eigenvalue weighted by Crippen LogP contribution is 2.25. The Morgan fingerprint density at radius 3 is 2.89 bits per heavy atom. The Kier molecular flexibility index (Phi) is 5.42. The predicted molar refractivity (Wildman–Crippen MR) is 80.2 cm³/mol. The van der Waals surface area contributed by atoms with Gasteiger partial charge >= 0.3 is 0 Å². The minimum atomic E-state index is 0.677. The Hall–Kier alpha value is -0.390. The molecule has 5 heteroatoms. The molecule has 19 heavy (non-hydrogen) atoms. The number of aromatic nitrogens is 2. The summed E-state index contributed by atoms with van der Waals surface area (Å²) in [4.78, 5) is 2.52. The van der Waals surface area contributed by atoms with Crippen LogP contribution in [0.5, 0.6) is 0 Å². The van der Waals surface area contributed by atoms with Gasteiger partial charge < -0.3 is 4.74 Å². The molecule has 2 heterocycles. The standard InChI is InChI=1S/C14H24BrN3O/c1-4-12-14(15)13(17(2)16-12)9-18-7-5-6-11(8-18)10-19-3/h11H,4-10H2,1-3H3. The van der Waals surface area contributed by atoms with Crippen LogP contribution in [0.15, 0.2) is 4.47 Å². The largest absolute Gasteiger partial charge is 0.384 e. The third kappa shape index (κ3) is 3.58. The molecule has 2 rings (SSSR count). The van der Waals surface area contributed by atoms with Gasteiger partial charge in [0.05, 0.1) is 22.5 Å². The summed E-state index contributed by atoms with van der Waals surface area (Å²) in [6.45, 7) is 6.31. The summed E-state index contributed by atoms with van der Waals surface area (Å²) in [5.74, 6) is 0.677. The van der Waals surface area contributed by atoms with Gasteiger partial charge in [0.15, 0.2) is 0 Å². The van der Waals surface area contributed by atoms with Crippen LogP contribution in [0.3, 0.4) is 0 Å². The number of likely N-dealkylation sites (tertiary alicyclic amines) is 1. The molecule has 0 spiro atoms. The second-order valence-corrected chi connectivity index (χ2v) is 6.18. The molecule has 0 amide bonds. The first-order valence-electron chi connectivity index (χ1n) is 7.07. The lowest BCUT2D eigenvalue weighted by atomic mass is 9.99. The number of hydrogen-bond donors (Lipinski definition) is 0. The summed E-state index contributed by atoms with van der Waals surface area (Å²) in [6.07, 6.45) is 3.53. The van der Waals surface area contributed by atoms with E-state index in [0.29, 0.717) is 5.92 Å². The molecule has 4 nitrogen and oxygen atoms in total. The van der Waals surface area contributed by atoms with E-state index >= 15 is 0 Å². The van der Waals surface area contributed by atoms with Gasteiger partial charge in [-0.15, -0.1) is 0 Å². The highest BCUT2D eigenvalue weighted by molar-refractivity contribution is 9.10. The number of ether oxygens (including phenoxy) is 1. The fourth-order valence-electron chi connectivity index (χ4n) is 2.87. The lowest BCUT2D eigenvalue weighted by Crippen LogP contribution is -2.37. The number of halogens is 1. The molecule has 108 valence electrons. The van der Waals surface area contributed by atoms with Crippen LogP contribution in [0.1, 0.15) is 31.2 Å². The SMILES string of the molecule is CCc1nn(C)c(CN2CCCC(COC)C2)c1Br. The van der Waals surface area contributed by atoms with Crippen LogP contribution in [-0.2, 0) is 24.8 Å². The van der Waals surface area contributed by atoms with Crippen LogP contribution in [0, 0.1) is 5.92 Å². The number of rotatable bonds is 5. The molecule has 1 aromatic heterocycles. The van der Waals surface area contributed by atoms with Crippen LogP contribution in [0.2, 0.25) is 0 Å². The Morgan fingerprint density at radius 2 is 2.26 bits per heavy atom. The van der Waals surface area contributed by atoms with E-state index in [2.05, 4.69) is 32.9 Å². The van der Waals surface area contributed by atoms with Crippen molar-refractivity contribution in [3.63, 3.8) is 0 Å². The highest BCUT2D eigenvalue weighted by atomic mass is 79.9. The molecular weight excluding hydrogens is 306 g/mol. The first kappa shape index (κ1) is 15.0. The Bertz CT molecular complexity index is 417. The van der Waals surface area contributed by atoms with Crippen molar-refractivity contribution < 1.29 is 4.74 Å². The van der Waals surface area contributed by atoms with E-state index in [1.807, 2.05) is 11.7 Å². The third-order valence-corrected chi connectivity index (χ3v) is 4.80. The molecule has 1 aromatic rings. The molecule has 0 aliphatic carbocycles. The van der Waals surface area contributed by atoms with Crippen molar-refractivity contribution in [3.8, 4) is 0 Å². The molecule has 0 radical (unpaired) electrons. The fraction of sp³-hybridized carbons (Fsp3) is 0.786. The van der Waals surface area contributed by atoms with Crippen molar-refractivity contribution in [2.45, 2.75) is 32.7 Å². The van der Waals surface area contributed by atoms with Gasteiger partial charge in [-0.3, -0.25) is 9.58 Å². The molecule has 1 aliphatic heterocycles. The van der Waals surface area contributed by atoms with Crippen molar-refractivity contribution >= 4 is 15.9 Å². The van der Waals surface area contributed by atoms with Gasteiger partial charge in [0, 0.05) is 27.2 Å². The van der Waals surface area contributed by atoms with Crippen LogP contribution >= 0.6 is 15.9 Å². The number of hydrogen-bond acceptors (Lipinski definition) is 3. The Balaban J connectivity index is 2.02. The van der Waals surface area contributed by atoms with Crippen molar-refractivity contribution in [1.29, 1.82) is 0 Å². The molecule has 1 saturated heterocycles. The first-order chi connectivity index (χ1) is 9.15. The fourth-order valence-corrected chi connectivity index (χ4v) is 3.61. The maximum absolute atomic E-state index is 5.30. The molecule has 0 saturated carbocycles. The van der Waals surface area contributed by atoms with Crippen LogP contribution in [0.4, 0.5) is 0 Å².